The number of aryl methyl sites for hydroxylation is 1. The molecule has 2 aromatic carbocycles. The van der Waals surface area contributed by atoms with Crippen molar-refractivity contribution >= 4 is 23.3 Å². The number of aromatic nitrogens is 1. The van der Waals surface area contributed by atoms with E-state index >= 15 is 0 Å². The van der Waals surface area contributed by atoms with E-state index in [-0.39, 0.29) is 5.82 Å². The summed E-state index contributed by atoms with van der Waals surface area (Å²) in [5.41, 5.74) is 6.67. The Morgan fingerprint density at radius 3 is 2.36 bits per heavy atom. The van der Waals surface area contributed by atoms with Crippen molar-refractivity contribution < 1.29 is 13.9 Å². The first-order valence-electron chi connectivity index (χ1n) is 15.8. The molecular weight excluding hydrogens is 571 g/mol. The average Bonchev–Trinajstić information content (AvgIpc) is 3.02. The Morgan fingerprint density at radius 1 is 1.05 bits per heavy atom. The fourth-order valence-corrected chi connectivity index (χ4v) is 5.58. The molecule has 1 atom stereocenters. The van der Waals surface area contributed by atoms with Crippen molar-refractivity contribution in [1.29, 1.82) is 0 Å². The molecule has 0 bridgehead atoms. The second kappa shape index (κ2) is 19.8. The standard InChI is InChI=1S/C23H27FN2O2.C15H23Cl/c1-5-7-21(6-2)26(15-13-18-8-10-20(24)11-9-18)17(3)22-16-19(12-14-25-22)23(27)28-4;1-4-6-8-13(7-5-2)14-9-12(3)10-15(16)11-14/h6,8-12,14,16H,3,5,7,13,15H2,1-2,4H3;9-11,13H,4-8H2,1-3H3/b21-6-;. The molecule has 0 amide bonds. The van der Waals surface area contributed by atoms with Gasteiger partial charge in [0, 0.05) is 23.5 Å². The number of unbranched alkanes of at least 4 members (excludes halogenated alkanes) is 1. The molecule has 6 heteroatoms. The number of nitrogens with zero attached hydrogens (tertiary/aromatic N) is 2. The maximum Gasteiger partial charge on any atom is 0.337 e. The summed E-state index contributed by atoms with van der Waals surface area (Å²) < 4.78 is 18.0. The molecule has 0 aliphatic heterocycles. The Bertz CT molecular complexity index is 1330. The monoisotopic (exact) mass is 620 g/mol. The van der Waals surface area contributed by atoms with E-state index in [0.29, 0.717) is 23.7 Å². The minimum absolute atomic E-state index is 0.242. The van der Waals surface area contributed by atoms with Crippen molar-refractivity contribution in [2.45, 2.75) is 91.9 Å². The number of rotatable bonds is 15. The highest BCUT2D eigenvalue weighted by Crippen LogP contribution is 2.30. The van der Waals surface area contributed by atoms with E-state index in [1.165, 1.54) is 62.5 Å². The summed E-state index contributed by atoms with van der Waals surface area (Å²) in [5, 5.41) is 0.882. The molecule has 0 spiro atoms. The third kappa shape index (κ3) is 11.9. The first-order chi connectivity index (χ1) is 21.2. The lowest BCUT2D eigenvalue weighted by molar-refractivity contribution is 0.0600. The van der Waals surface area contributed by atoms with Gasteiger partial charge in [0.15, 0.2) is 0 Å². The molecule has 44 heavy (non-hydrogen) atoms. The molecule has 0 aliphatic carbocycles. The van der Waals surface area contributed by atoms with E-state index in [9.17, 15) is 9.18 Å². The van der Waals surface area contributed by atoms with Crippen molar-refractivity contribution in [1.82, 2.24) is 9.88 Å². The van der Waals surface area contributed by atoms with Gasteiger partial charge in [-0.3, -0.25) is 4.98 Å². The SMILES string of the molecule is C=C(c1cc(C(=O)OC)ccn1)N(CCc1ccc(F)cc1)/C(=C\C)CCC.CCCCC(CCC)c1cc(C)cc(Cl)c1. The Kier molecular flexibility index (Phi) is 16.5. The van der Waals surface area contributed by atoms with Gasteiger partial charge in [0.05, 0.1) is 24.1 Å². The van der Waals surface area contributed by atoms with Crippen molar-refractivity contribution in [3.8, 4) is 0 Å². The molecule has 4 nitrogen and oxygen atoms in total. The van der Waals surface area contributed by atoms with Crippen molar-refractivity contribution in [3.63, 3.8) is 0 Å². The first-order valence-corrected chi connectivity index (χ1v) is 16.2. The summed E-state index contributed by atoms with van der Waals surface area (Å²) >= 11 is 6.13. The van der Waals surface area contributed by atoms with E-state index < -0.39 is 5.97 Å². The van der Waals surface area contributed by atoms with Gasteiger partial charge in [-0.15, -0.1) is 0 Å². The predicted molar refractivity (Wildman–Crippen MR) is 183 cm³/mol. The molecule has 0 fully saturated rings. The van der Waals surface area contributed by atoms with E-state index in [4.69, 9.17) is 16.3 Å². The van der Waals surface area contributed by atoms with E-state index in [1.54, 1.807) is 30.5 Å². The van der Waals surface area contributed by atoms with Gasteiger partial charge in [0.2, 0.25) is 0 Å². The molecule has 3 aromatic rings. The van der Waals surface area contributed by atoms with Crippen LogP contribution < -0.4 is 0 Å². The molecule has 0 radical (unpaired) electrons. The third-order valence-electron chi connectivity index (χ3n) is 7.61. The lowest BCUT2D eigenvalue weighted by atomic mass is 9.89. The molecule has 0 saturated heterocycles. The van der Waals surface area contributed by atoms with E-state index in [0.717, 1.165) is 41.2 Å². The molecule has 1 heterocycles. The highest BCUT2D eigenvalue weighted by Gasteiger charge is 2.17. The number of benzene rings is 2. The van der Waals surface area contributed by atoms with Gasteiger partial charge in [-0.2, -0.15) is 0 Å². The number of carbonyl (C=O) groups is 1. The quantitative estimate of drug-likeness (QED) is 0.158. The zero-order valence-electron chi connectivity index (χ0n) is 27.5. The number of allylic oxidation sites excluding steroid dienone is 2. The summed E-state index contributed by atoms with van der Waals surface area (Å²) in [5.74, 6) is 0.0467. The molecule has 3 rings (SSSR count). The highest BCUT2D eigenvalue weighted by atomic mass is 35.5. The van der Waals surface area contributed by atoms with Gasteiger partial charge in [-0.1, -0.05) is 88.9 Å². The molecule has 1 unspecified atom stereocenters. The molecule has 0 aliphatic rings. The van der Waals surface area contributed by atoms with Gasteiger partial charge in [0.1, 0.15) is 5.82 Å². The van der Waals surface area contributed by atoms with Crippen molar-refractivity contribution in [2.75, 3.05) is 13.7 Å². The number of ether oxygens (including phenoxy) is 1. The highest BCUT2D eigenvalue weighted by molar-refractivity contribution is 6.30. The summed E-state index contributed by atoms with van der Waals surface area (Å²) in [4.78, 5) is 18.4. The summed E-state index contributed by atoms with van der Waals surface area (Å²) in [6, 6.07) is 16.3. The number of esters is 1. The van der Waals surface area contributed by atoms with Gasteiger partial charge < -0.3 is 9.64 Å². The normalized spacial score (nSPS) is 11.8. The van der Waals surface area contributed by atoms with Crippen LogP contribution in [-0.4, -0.2) is 29.5 Å². The van der Waals surface area contributed by atoms with Gasteiger partial charge in [-0.25, -0.2) is 9.18 Å². The van der Waals surface area contributed by atoms with Crippen LogP contribution in [0.5, 0.6) is 0 Å². The lowest BCUT2D eigenvalue weighted by Gasteiger charge is -2.29. The number of pyridine rings is 1. The predicted octanol–water partition coefficient (Wildman–Crippen LogP) is 10.9. The number of hydrogen-bond acceptors (Lipinski definition) is 4. The number of methoxy groups -OCH3 is 1. The molecular formula is C38H50ClFN2O2. The number of halogens is 2. The second-order valence-electron chi connectivity index (χ2n) is 11.1. The van der Waals surface area contributed by atoms with Crippen LogP contribution in [0.4, 0.5) is 4.39 Å². The summed E-state index contributed by atoms with van der Waals surface area (Å²) in [7, 11) is 1.35. The van der Waals surface area contributed by atoms with Gasteiger partial charge in [0.25, 0.3) is 0 Å². The van der Waals surface area contributed by atoms with Crippen LogP contribution in [0.2, 0.25) is 5.02 Å². The Balaban J connectivity index is 0.000000358. The van der Waals surface area contributed by atoms with Crippen LogP contribution in [0, 0.1) is 12.7 Å². The molecule has 0 N–H and O–H groups in total. The van der Waals surface area contributed by atoms with Crippen molar-refractivity contribution in [3.05, 3.63) is 118 Å². The minimum Gasteiger partial charge on any atom is -0.465 e. The molecule has 238 valence electrons. The fraction of sp³-hybridized carbons (Fsp3) is 0.421. The largest absolute Gasteiger partial charge is 0.465 e. The molecule has 0 saturated carbocycles. The maximum absolute atomic E-state index is 13.2. The number of hydrogen-bond donors (Lipinski definition) is 0. The summed E-state index contributed by atoms with van der Waals surface area (Å²) in [6.07, 6.45) is 12.7. The zero-order chi connectivity index (χ0) is 32.5. The average molecular weight is 621 g/mol. The van der Waals surface area contributed by atoms with Crippen LogP contribution in [0.25, 0.3) is 5.70 Å². The fourth-order valence-electron chi connectivity index (χ4n) is 5.28. The minimum atomic E-state index is -0.408. The van der Waals surface area contributed by atoms with Gasteiger partial charge >= 0.3 is 5.97 Å². The van der Waals surface area contributed by atoms with Gasteiger partial charge in [-0.05, 0) is 98.5 Å². The molecule has 1 aromatic heterocycles. The zero-order valence-corrected chi connectivity index (χ0v) is 28.2. The first kappa shape index (κ1) is 36.8. The Morgan fingerprint density at radius 2 is 1.77 bits per heavy atom. The van der Waals surface area contributed by atoms with E-state index in [2.05, 4.69) is 62.4 Å². The van der Waals surface area contributed by atoms with Crippen LogP contribution in [0.15, 0.2) is 79.1 Å². The smallest absolute Gasteiger partial charge is 0.337 e. The van der Waals surface area contributed by atoms with Crippen LogP contribution in [0.3, 0.4) is 0 Å². The van der Waals surface area contributed by atoms with Crippen LogP contribution in [0.1, 0.15) is 111 Å². The second-order valence-corrected chi connectivity index (χ2v) is 11.6. The summed E-state index contributed by atoms with van der Waals surface area (Å²) in [6.45, 7) is 15.7. The Hall–Kier alpha value is -3.44. The van der Waals surface area contributed by atoms with E-state index in [1.807, 2.05) is 13.0 Å². The lowest BCUT2D eigenvalue weighted by Crippen LogP contribution is -2.24. The van der Waals surface area contributed by atoms with Crippen LogP contribution >= 0.6 is 11.6 Å². The maximum atomic E-state index is 13.2. The Labute approximate surface area is 270 Å². The van der Waals surface area contributed by atoms with Crippen LogP contribution in [-0.2, 0) is 11.2 Å². The topological polar surface area (TPSA) is 42.4 Å². The van der Waals surface area contributed by atoms with Crippen molar-refractivity contribution in [2.24, 2.45) is 0 Å². The third-order valence-corrected chi connectivity index (χ3v) is 7.82. The number of carbonyl (C=O) groups excluding carboxylic acids is 1.